The van der Waals surface area contributed by atoms with Gasteiger partial charge in [-0.2, -0.15) is 0 Å². The number of halogens is 1. The first-order valence-corrected chi connectivity index (χ1v) is 9.05. The highest BCUT2D eigenvalue weighted by molar-refractivity contribution is 14.1. The van der Waals surface area contributed by atoms with Crippen LogP contribution in [0.3, 0.4) is 0 Å². The quantitative estimate of drug-likeness (QED) is 0.191. The molecule has 108 valence electrons. The summed E-state index contributed by atoms with van der Waals surface area (Å²) in [5.74, 6) is -0.0809. The van der Waals surface area contributed by atoms with Crippen LogP contribution < -0.4 is 0 Å². The lowest BCUT2D eigenvalue weighted by Gasteiger charge is -2.03. The molecule has 0 atom stereocenters. The van der Waals surface area contributed by atoms with Gasteiger partial charge in [0.05, 0.1) is 11.0 Å². The number of rotatable bonds is 13. The highest BCUT2D eigenvalue weighted by Crippen LogP contribution is 2.11. The van der Waals surface area contributed by atoms with E-state index < -0.39 is 0 Å². The van der Waals surface area contributed by atoms with Gasteiger partial charge in [0.1, 0.15) is 0 Å². The van der Waals surface area contributed by atoms with Crippen LogP contribution >= 0.6 is 22.6 Å². The summed E-state index contributed by atoms with van der Waals surface area (Å²) in [4.78, 5) is 10.9. The second-order valence-electron chi connectivity index (χ2n) is 4.89. The number of carbonyl (C=O) groups excluding carboxylic acids is 1. The smallest absolute Gasteiger partial charge is 0.315 e. The third kappa shape index (κ3) is 14.3. The topological polar surface area (TPSA) is 26.3 Å². The van der Waals surface area contributed by atoms with Crippen LogP contribution in [0, 0.1) is 0 Å². The van der Waals surface area contributed by atoms with E-state index >= 15 is 0 Å². The van der Waals surface area contributed by atoms with Gasteiger partial charge in [-0.15, -0.1) is 0 Å². The fourth-order valence-electron chi connectivity index (χ4n) is 1.99. The van der Waals surface area contributed by atoms with Crippen LogP contribution in [0.5, 0.6) is 0 Å². The van der Waals surface area contributed by atoms with Crippen molar-refractivity contribution < 1.29 is 9.53 Å². The second-order valence-corrected chi connectivity index (χ2v) is 5.65. The SMILES string of the molecule is CCCCCCCCCCCCCOC(=O)CI. The molecule has 0 aliphatic rings. The van der Waals surface area contributed by atoms with Crippen LogP contribution in [0.2, 0.25) is 0 Å². The standard InChI is InChI=1S/C15H29IO2/c1-2-3-4-5-6-7-8-9-10-11-12-13-18-15(17)14-16/h2-14H2,1H3. The molecule has 0 heterocycles. The van der Waals surface area contributed by atoms with Crippen molar-refractivity contribution in [2.45, 2.75) is 77.6 Å². The predicted molar refractivity (Wildman–Crippen MR) is 86.3 cm³/mol. The summed E-state index contributed by atoms with van der Waals surface area (Å²) < 4.78 is 5.50. The van der Waals surface area contributed by atoms with E-state index in [-0.39, 0.29) is 5.97 Å². The predicted octanol–water partition coefficient (Wildman–Crippen LogP) is 5.28. The molecular weight excluding hydrogens is 339 g/mol. The molecule has 18 heavy (non-hydrogen) atoms. The summed E-state index contributed by atoms with van der Waals surface area (Å²) in [6.07, 6.45) is 14.6. The minimum atomic E-state index is -0.0809. The van der Waals surface area contributed by atoms with Gasteiger partial charge >= 0.3 is 5.97 Å². The van der Waals surface area contributed by atoms with Crippen LogP contribution in [-0.2, 0) is 9.53 Å². The first kappa shape index (κ1) is 18.2. The molecule has 0 N–H and O–H groups in total. The summed E-state index contributed by atoms with van der Waals surface area (Å²) in [7, 11) is 0. The van der Waals surface area contributed by atoms with Gasteiger partial charge in [0.2, 0.25) is 0 Å². The van der Waals surface area contributed by atoms with Gasteiger partial charge < -0.3 is 4.74 Å². The Hall–Kier alpha value is 0.200. The minimum absolute atomic E-state index is 0.0809. The summed E-state index contributed by atoms with van der Waals surface area (Å²) in [5.41, 5.74) is 0. The number of unbranched alkanes of at least 4 members (excludes halogenated alkanes) is 10. The number of esters is 1. The van der Waals surface area contributed by atoms with E-state index in [0.717, 1.165) is 6.42 Å². The molecule has 3 heteroatoms. The molecule has 0 aromatic heterocycles. The van der Waals surface area contributed by atoms with Crippen molar-refractivity contribution in [3.8, 4) is 0 Å². The van der Waals surface area contributed by atoms with Crippen LogP contribution in [0.15, 0.2) is 0 Å². The van der Waals surface area contributed by atoms with Gasteiger partial charge in [0.15, 0.2) is 0 Å². The Labute approximate surface area is 126 Å². The van der Waals surface area contributed by atoms with Crippen molar-refractivity contribution in [1.82, 2.24) is 0 Å². The Morgan fingerprint density at radius 3 is 1.72 bits per heavy atom. The molecule has 0 unspecified atom stereocenters. The molecule has 0 rings (SSSR count). The van der Waals surface area contributed by atoms with Gasteiger partial charge in [-0.3, -0.25) is 4.79 Å². The number of ether oxygens (including phenoxy) is 1. The van der Waals surface area contributed by atoms with Crippen molar-refractivity contribution in [3.63, 3.8) is 0 Å². The Morgan fingerprint density at radius 1 is 0.833 bits per heavy atom. The van der Waals surface area contributed by atoms with Crippen molar-refractivity contribution in [2.75, 3.05) is 11.0 Å². The lowest BCUT2D eigenvalue weighted by molar-refractivity contribution is -0.140. The fraction of sp³-hybridized carbons (Fsp3) is 0.933. The molecule has 0 bridgehead atoms. The summed E-state index contributed by atoms with van der Waals surface area (Å²) in [6.45, 7) is 2.87. The van der Waals surface area contributed by atoms with Gasteiger partial charge in [-0.1, -0.05) is 93.7 Å². The summed E-state index contributed by atoms with van der Waals surface area (Å²) in [6, 6.07) is 0. The highest BCUT2D eigenvalue weighted by atomic mass is 127. The Kier molecular flexibility index (Phi) is 15.4. The zero-order valence-electron chi connectivity index (χ0n) is 11.9. The number of alkyl halides is 1. The van der Waals surface area contributed by atoms with Crippen LogP contribution in [0.4, 0.5) is 0 Å². The van der Waals surface area contributed by atoms with E-state index in [9.17, 15) is 4.79 Å². The highest BCUT2D eigenvalue weighted by Gasteiger charge is 1.98. The molecule has 0 aliphatic heterocycles. The molecule has 0 spiro atoms. The number of hydrogen-bond acceptors (Lipinski definition) is 2. The van der Waals surface area contributed by atoms with E-state index in [0.29, 0.717) is 11.0 Å². The van der Waals surface area contributed by atoms with Crippen molar-refractivity contribution >= 4 is 28.6 Å². The molecule has 0 aromatic rings. The van der Waals surface area contributed by atoms with E-state index in [4.69, 9.17) is 4.74 Å². The van der Waals surface area contributed by atoms with E-state index in [1.54, 1.807) is 0 Å². The Bertz CT molecular complexity index is 183. The largest absolute Gasteiger partial charge is 0.465 e. The average Bonchev–Trinajstić information content (AvgIpc) is 2.39. The summed E-state index contributed by atoms with van der Waals surface area (Å²) >= 11 is 2.03. The molecule has 0 aliphatic carbocycles. The maximum atomic E-state index is 10.9. The van der Waals surface area contributed by atoms with Gasteiger partial charge in [-0.05, 0) is 6.42 Å². The molecule has 0 fully saturated rings. The first-order valence-electron chi connectivity index (χ1n) is 7.52. The van der Waals surface area contributed by atoms with Crippen molar-refractivity contribution in [3.05, 3.63) is 0 Å². The Balaban J connectivity index is 2.97. The molecule has 0 saturated carbocycles. The monoisotopic (exact) mass is 368 g/mol. The average molecular weight is 368 g/mol. The van der Waals surface area contributed by atoms with E-state index in [1.165, 1.54) is 64.2 Å². The van der Waals surface area contributed by atoms with Gasteiger partial charge in [0.25, 0.3) is 0 Å². The van der Waals surface area contributed by atoms with Crippen molar-refractivity contribution in [2.24, 2.45) is 0 Å². The first-order chi connectivity index (χ1) is 8.81. The van der Waals surface area contributed by atoms with E-state index in [1.807, 2.05) is 22.6 Å². The zero-order chi connectivity index (χ0) is 13.5. The van der Waals surface area contributed by atoms with Crippen LogP contribution in [0.25, 0.3) is 0 Å². The van der Waals surface area contributed by atoms with E-state index in [2.05, 4.69) is 6.92 Å². The molecular formula is C15H29IO2. The second kappa shape index (κ2) is 15.3. The molecule has 2 nitrogen and oxygen atoms in total. The third-order valence-corrected chi connectivity index (χ3v) is 3.74. The molecule has 0 radical (unpaired) electrons. The minimum Gasteiger partial charge on any atom is -0.465 e. The molecule has 0 aromatic carbocycles. The Morgan fingerprint density at radius 2 is 1.28 bits per heavy atom. The zero-order valence-corrected chi connectivity index (χ0v) is 14.0. The lowest BCUT2D eigenvalue weighted by atomic mass is 10.1. The third-order valence-electron chi connectivity index (χ3n) is 3.12. The lowest BCUT2D eigenvalue weighted by Crippen LogP contribution is -2.06. The van der Waals surface area contributed by atoms with Crippen molar-refractivity contribution in [1.29, 1.82) is 0 Å². The van der Waals surface area contributed by atoms with Gasteiger partial charge in [-0.25, -0.2) is 0 Å². The molecule has 0 saturated heterocycles. The maximum Gasteiger partial charge on any atom is 0.315 e. The van der Waals surface area contributed by atoms with Gasteiger partial charge in [0, 0.05) is 0 Å². The normalized spacial score (nSPS) is 10.6. The van der Waals surface area contributed by atoms with Crippen LogP contribution in [-0.4, -0.2) is 17.0 Å². The summed E-state index contributed by atoms with van der Waals surface area (Å²) in [5, 5.41) is 0. The number of carbonyl (C=O) groups is 1. The maximum absolute atomic E-state index is 10.9. The molecule has 0 amide bonds. The fourth-order valence-corrected chi connectivity index (χ4v) is 2.21. The number of hydrogen-bond donors (Lipinski definition) is 0. The van der Waals surface area contributed by atoms with Crippen LogP contribution in [0.1, 0.15) is 77.6 Å².